The Morgan fingerprint density at radius 1 is 1.29 bits per heavy atom. The molecule has 0 spiro atoms. The van der Waals surface area contributed by atoms with Crippen molar-refractivity contribution in [2.24, 2.45) is 0 Å². The molecule has 0 saturated heterocycles. The summed E-state index contributed by atoms with van der Waals surface area (Å²) in [6.07, 6.45) is 8.08. The number of unbranched alkanes of at least 4 members (excludes halogenated alkanes) is 1. The van der Waals surface area contributed by atoms with Gasteiger partial charge in [-0.05, 0) is 43.6 Å². The summed E-state index contributed by atoms with van der Waals surface area (Å²) < 4.78 is 5.74. The lowest BCUT2D eigenvalue weighted by Crippen LogP contribution is -2.46. The molecule has 2 rings (SSSR count). The first-order valence-corrected chi connectivity index (χ1v) is 9.34. The van der Waals surface area contributed by atoms with Gasteiger partial charge >= 0.3 is 0 Å². The molecule has 0 aromatic heterocycles. The largest absolute Gasteiger partial charge is 0.493 e. The zero-order valence-corrected chi connectivity index (χ0v) is 15.5. The second kappa shape index (κ2) is 9.62. The molecular weight excluding hydrogens is 320 g/mol. The number of thiocarbonyl (C=S) groups is 1. The van der Waals surface area contributed by atoms with Gasteiger partial charge in [0.1, 0.15) is 5.75 Å². The van der Waals surface area contributed by atoms with Crippen molar-refractivity contribution in [2.75, 3.05) is 13.7 Å². The number of hydrogen-bond acceptors (Lipinski definition) is 3. The van der Waals surface area contributed by atoms with Gasteiger partial charge in [-0.15, -0.1) is 0 Å². The number of nitrogens with one attached hydrogen (secondary N) is 1. The highest BCUT2D eigenvalue weighted by Gasteiger charge is 2.22. The van der Waals surface area contributed by atoms with E-state index in [4.69, 9.17) is 17.0 Å². The van der Waals surface area contributed by atoms with Crippen LogP contribution in [0.1, 0.15) is 62.2 Å². The van der Waals surface area contributed by atoms with Gasteiger partial charge < -0.3 is 9.64 Å². The van der Waals surface area contributed by atoms with E-state index in [1.807, 2.05) is 30.1 Å². The molecule has 1 N–H and O–H groups in total. The van der Waals surface area contributed by atoms with Gasteiger partial charge in [0.15, 0.2) is 5.11 Å². The Labute approximate surface area is 150 Å². The lowest BCUT2D eigenvalue weighted by atomic mass is 9.95. The quantitative estimate of drug-likeness (QED) is 0.619. The summed E-state index contributed by atoms with van der Waals surface area (Å²) in [7, 11) is 1.97. The number of hydrogen-bond donors (Lipinski definition) is 1. The van der Waals surface area contributed by atoms with E-state index >= 15 is 0 Å². The average Bonchev–Trinajstić information content (AvgIpc) is 2.62. The minimum absolute atomic E-state index is 0.199. The molecule has 0 aliphatic heterocycles. The SMILES string of the molecule is CCCCOc1ccccc1C(=O)NC(=S)N(C)C1CCCCC1. The number of benzene rings is 1. The Morgan fingerprint density at radius 3 is 2.71 bits per heavy atom. The van der Waals surface area contributed by atoms with Gasteiger partial charge in [-0.2, -0.15) is 0 Å². The number of para-hydroxylation sites is 1. The van der Waals surface area contributed by atoms with Crippen molar-refractivity contribution in [3.63, 3.8) is 0 Å². The molecule has 4 nitrogen and oxygen atoms in total. The number of amides is 1. The van der Waals surface area contributed by atoms with E-state index in [1.54, 1.807) is 6.07 Å². The van der Waals surface area contributed by atoms with Gasteiger partial charge in [0.05, 0.1) is 12.2 Å². The third kappa shape index (κ3) is 5.20. The van der Waals surface area contributed by atoms with Gasteiger partial charge in [0, 0.05) is 13.1 Å². The van der Waals surface area contributed by atoms with Crippen LogP contribution in [0, 0.1) is 0 Å². The van der Waals surface area contributed by atoms with Crippen molar-refractivity contribution >= 4 is 23.2 Å². The normalized spacial score (nSPS) is 14.9. The Bertz CT molecular complexity index is 556. The van der Waals surface area contributed by atoms with Crippen LogP contribution >= 0.6 is 12.2 Å². The molecule has 1 aliphatic carbocycles. The predicted octanol–water partition coefficient (Wildman–Crippen LogP) is 4.14. The molecule has 1 amide bonds. The van der Waals surface area contributed by atoms with Crippen molar-refractivity contribution in [1.82, 2.24) is 10.2 Å². The van der Waals surface area contributed by atoms with E-state index in [-0.39, 0.29) is 5.91 Å². The van der Waals surface area contributed by atoms with E-state index in [0.717, 1.165) is 25.7 Å². The molecule has 1 aromatic carbocycles. The first kappa shape index (κ1) is 18.7. The van der Waals surface area contributed by atoms with E-state index in [1.165, 1.54) is 19.3 Å². The van der Waals surface area contributed by atoms with Crippen molar-refractivity contribution in [2.45, 2.75) is 57.9 Å². The van der Waals surface area contributed by atoms with Gasteiger partial charge in [-0.25, -0.2) is 0 Å². The zero-order valence-electron chi connectivity index (χ0n) is 14.7. The average molecular weight is 349 g/mol. The Morgan fingerprint density at radius 2 is 2.00 bits per heavy atom. The molecule has 132 valence electrons. The molecule has 0 radical (unpaired) electrons. The van der Waals surface area contributed by atoms with Crippen LogP contribution in [0.5, 0.6) is 5.75 Å². The molecule has 0 unspecified atom stereocenters. The number of carbonyl (C=O) groups excluding carboxylic acids is 1. The maximum absolute atomic E-state index is 12.6. The Balaban J connectivity index is 1.97. The van der Waals surface area contributed by atoms with Crippen molar-refractivity contribution in [3.8, 4) is 5.75 Å². The monoisotopic (exact) mass is 348 g/mol. The van der Waals surface area contributed by atoms with Crippen molar-refractivity contribution < 1.29 is 9.53 Å². The molecule has 0 atom stereocenters. The van der Waals surface area contributed by atoms with Gasteiger partial charge in [0.25, 0.3) is 5.91 Å². The fraction of sp³-hybridized carbons (Fsp3) is 0.579. The highest BCUT2D eigenvalue weighted by Crippen LogP contribution is 2.22. The van der Waals surface area contributed by atoms with E-state index in [0.29, 0.717) is 29.1 Å². The van der Waals surface area contributed by atoms with E-state index in [9.17, 15) is 4.79 Å². The first-order chi connectivity index (χ1) is 11.6. The van der Waals surface area contributed by atoms with Crippen LogP contribution in [0.25, 0.3) is 0 Å². The maximum atomic E-state index is 12.6. The fourth-order valence-corrected chi connectivity index (χ4v) is 3.24. The number of nitrogens with zero attached hydrogens (tertiary/aromatic N) is 1. The number of rotatable bonds is 6. The van der Waals surface area contributed by atoms with Gasteiger partial charge in [-0.1, -0.05) is 44.7 Å². The third-order valence-corrected chi connectivity index (χ3v) is 4.94. The molecule has 1 saturated carbocycles. The zero-order chi connectivity index (χ0) is 17.4. The van der Waals surface area contributed by atoms with Crippen LogP contribution < -0.4 is 10.1 Å². The third-order valence-electron chi connectivity index (χ3n) is 4.55. The van der Waals surface area contributed by atoms with Crippen molar-refractivity contribution in [1.29, 1.82) is 0 Å². The van der Waals surface area contributed by atoms with E-state index in [2.05, 4.69) is 12.2 Å². The molecule has 5 heteroatoms. The molecular formula is C19H28N2O2S. The van der Waals surface area contributed by atoms with Crippen LogP contribution in [-0.2, 0) is 0 Å². The van der Waals surface area contributed by atoms with Crippen LogP contribution in [0.3, 0.4) is 0 Å². The highest BCUT2D eigenvalue weighted by atomic mass is 32.1. The standard InChI is InChI=1S/C19H28N2O2S/c1-3-4-14-23-17-13-9-8-12-16(17)18(22)20-19(24)21(2)15-10-6-5-7-11-15/h8-9,12-13,15H,3-7,10-11,14H2,1-2H3,(H,20,22,24). The summed E-state index contributed by atoms with van der Waals surface area (Å²) in [5, 5.41) is 3.36. The summed E-state index contributed by atoms with van der Waals surface area (Å²) in [5.41, 5.74) is 0.535. The Kier molecular flexibility index (Phi) is 7.50. The predicted molar refractivity (Wildman–Crippen MR) is 102 cm³/mol. The summed E-state index contributed by atoms with van der Waals surface area (Å²) in [5.74, 6) is 0.418. The topological polar surface area (TPSA) is 41.6 Å². The van der Waals surface area contributed by atoms with Gasteiger partial charge in [-0.3, -0.25) is 10.1 Å². The number of carbonyl (C=O) groups is 1. The molecule has 0 heterocycles. The van der Waals surface area contributed by atoms with Crippen molar-refractivity contribution in [3.05, 3.63) is 29.8 Å². The van der Waals surface area contributed by atoms with Crippen LogP contribution in [0.2, 0.25) is 0 Å². The minimum Gasteiger partial charge on any atom is -0.493 e. The van der Waals surface area contributed by atoms with Crippen LogP contribution in [0.4, 0.5) is 0 Å². The second-order valence-electron chi connectivity index (χ2n) is 6.36. The minimum atomic E-state index is -0.199. The molecule has 0 bridgehead atoms. The molecule has 1 aliphatic rings. The summed E-state index contributed by atoms with van der Waals surface area (Å²) in [6.45, 7) is 2.73. The summed E-state index contributed by atoms with van der Waals surface area (Å²) >= 11 is 5.44. The summed E-state index contributed by atoms with van der Waals surface area (Å²) in [4.78, 5) is 14.6. The van der Waals surface area contributed by atoms with Crippen LogP contribution in [-0.4, -0.2) is 35.6 Å². The second-order valence-corrected chi connectivity index (χ2v) is 6.75. The van der Waals surface area contributed by atoms with Crippen LogP contribution in [0.15, 0.2) is 24.3 Å². The smallest absolute Gasteiger partial charge is 0.261 e. The lowest BCUT2D eigenvalue weighted by Gasteiger charge is -2.32. The molecule has 24 heavy (non-hydrogen) atoms. The fourth-order valence-electron chi connectivity index (χ4n) is 2.99. The first-order valence-electron chi connectivity index (χ1n) is 8.93. The Hall–Kier alpha value is -1.62. The van der Waals surface area contributed by atoms with E-state index < -0.39 is 0 Å². The van der Waals surface area contributed by atoms with Gasteiger partial charge in [0.2, 0.25) is 0 Å². The maximum Gasteiger partial charge on any atom is 0.261 e. The lowest BCUT2D eigenvalue weighted by molar-refractivity contribution is 0.0967. The highest BCUT2D eigenvalue weighted by molar-refractivity contribution is 7.80. The summed E-state index contributed by atoms with van der Waals surface area (Å²) in [6, 6.07) is 7.76. The molecule has 1 aromatic rings. The number of ether oxygens (including phenoxy) is 1. The molecule has 1 fully saturated rings.